The predicted molar refractivity (Wildman–Crippen MR) is 79.7 cm³/mol. The number of benzene rings is 1. The summed E-state index contributed by atoms with van der Waals surface area (Å²) in [4.78, 5) is 9.30. The molecule has 0 radical (unpaired) electrons. The number of fused-ring (bicyclic) bond motifs is 2. The van der Waals surface area contributed by atoms with E-state index in [0.29, 0.717) is 0 Å². The minimum atomic E-state index is 0.827. The van der Waals surface area contributed by atoms with E-state index in [1.807, 2.05) is 12.4 Å². The minimum absolute atomic E-state index is 0.827. The van der Waals surface area contributed by atoms with Crippen LogP contribution in [0.25, 0.3) is 10.9 Å². The molecule has 0 aliphatic heterocycles. The van der Waals surface area contributed by atoms with Gasteiger partial charge in [0.2, 0.25) is 0 Å². The quantitative estimate of drug-likeness (QED) is 0.710. The van der Waals surface area contributed by atoms with E-state index in [1.165, 1.54) is 29.6 Å². The number of pyridine rings is 1. The molecule has 0 N–H and O–H groups in total. The zero-order valence-electron chi connectivity index (χ0n) is 11.4. The number of aromatic nitrogens is 3. The Kier molecular flexibility index (Phi) is 2.76. The van der Waals surface area contributed by atoms with E-state index >= 15 is 0 Å². The lowest BCUT2D eigenvalue weighted by molar-refractivity contribution is 0.625. The van der Waals surface area contributed by atoms with Crippen LogP contribution in [0.1, 0.15) is 29.9 Å². The standard InChI is InChI=1S/C17H17N3/c1-2-6-15-13(5-1)9-10-14(19-15)11-20-12-18-16-7-3-4-8-17(16)20/h1-2,5-6,9-10,12H,3-4,7-8,11H2. The number of para-hydroxylation sites is 1. The first-order valence-electron chi connectivity index (χ1n) is 7.28. The van der Waals surface area contributed by atoms with Crippen LogP contribution in [0.2, 0.25) is 0 Å². The average Bonchev–Trinajstić information content (AvgIpc) is 2.91. The third-order valence-corrected chi connectivity index (χ3v) is 4.10. The zero-order chi connectivity index (χ0) is 13.4. The molecule has 20 heavy (non-hydrogen) atoms. The monoisotopic (exact) mass is 263 g/mol. The van der Waals surface area contributed by atoms with Gasteiger partial charge in [0.15, 0.2) is 0 Å². The molecule has 3 nitrogen and oxygen atoms in total. The van der Waals surface area contributed by atoms with E-state index in [4.69, 9.17) is 4.98 Å². The normalized spacial score (nSPS) is 14.4. The van der Waals surface area contributed by atoms with Crippen LogP contribution >= 0.6 is 0 Å². The van der Waals surface area contributed by atoms with Gasteiger partial charge in [-0.15, -0.1) is 0 Å². The van der Waals surface area contributed by atoms with Gasteiger partial charge in [0, 0.05) is 11.1 Å². The van der Waals surface area contributed by atoms with E-state index in [0.717, 1.165) is 30.6 Å². The molecule has 1 aliphatic rings. The summed E-state index contributed by atoms with van der Waals surface area (Å²) in [5, 5.41) is 1.20. The van der Waals surface area contributed by atoms with Crippen LogP contribution in [0.3, 0.4) is 0 Å². The SMILES string of the molecule is c1ccc2nc(Cn3cnc4c3CCCC4)ccc2c1. The highest BCUT2D eigenvalue weighted by molar-refractivity contribution is 5.78. The van der Waals surface area contributed by atoms with Gasteiger partial charge < -0.3 is 4.57 Å². The van der Waals surface area contributed by atoms with Crippen LogP contribution in [0.15, 0.2) is 42.7 Å². The van der Waals surface area contributed by atoms with Gasteiger partial charge in [-0.05, 0) is 37.8 Å². The second-order valence-corrected chi connectivity index (χ2v) is 5.47. The van der Waals surface area contributed by atoms with Crippen molar-refractivity contribution < 1.29 is 0 Å². The van der Waals surface area contributed by atoms with E-state index < -0.39 is 0 Å². The van der Waals surface area contributed by atoms with Gasteiger partial charge in [0.05, 0.1) is 29.8 Å². The summed E-state index contributed by atoms with van der Waals surface area (Å²) in [5.74, 6) is 0. The minimum Gasteiger partial charge on any atom is -0.328 e. The van der Waals surface area contributed by atoms with Crippen molar-refractivity contribution in [3.8, 4) is 0 Å². The van der Waals surface area contributed by atoms with Crippen LogP contribution < -0.4 is 0 Å². The molecule has 0 fully saturated rings. The average molecular weight is 263 g/mol. The molecule has 0 saturated heterocycles. The first-order chi connectivity index (χ1) is 9.90. The Morgan fingerprint density at radius 1 is 1.00 bits per heavy atom. The maximum Gasteiger partial charge on any atom is 0.0955 e. The zero-order valence-corrected chi connectivity index (χ0v) is 11.4. The Bertz CT molecular complexity index is 758. The van der Waals surface area contributed by atoms with Crippen molar-refractivity contribution in [3.63, 3.8) is 0 Å². The van der Waals surface area contributed by atoms with Crippen molar-refractivity contribution in [1.29, 1.82) is 0 Å². The highest BCUT2D eigenvalue weighted by atomic mass is 15.1. The number of aryl methyl sites for hydroxylation is 1. The lowest BCUT2D eigenvalue weighted by Crippen LogP contribution is -2.09. The van der Waals surface area contributed by atoms with E-state index in [-0.39, 0.29) is 0 Å². The maximum atomic E-state index is 4.75. The maximum absolute atomic E-state index is 4.75. The van der Waals surface area contributed by atoms with Crippen molar-refractivity contribution in [3.05, 3.63) is 59.8 Å². The van der Waals surface area contributed by atoms with Gasteiger partial charge >= 0.3 is 0 Å². The summed E-state index contributed by atoms with van der Waals surface area (Å²) in [6.45, 7) is 0.827. The Hall–Kier alpha value is -2.16. The fourth-order valence-corrected chi connectivity index (χ4v) is 3.04. The molecular formula is C17H17N3. The molecule has 1 aliphatic carbocycles. The second-order valence-electron chi connectivity index (χ2n) is 5.47. The van der Waals surface area contributed by atoms with E-state index in [9.17, 15) is 0 Å². The van der Waals surface area contributed by atoms with Crippen molar-refractivity contribution in [2.75, 3.05) is 0 Å². The Morgan fingerprint density at radius 3 is 2.90 bits per heavy atom. The molecule has 0 spiro atoms. The smallest absolute Gasteiger partial charge is 0.0955 e. The summed E-state index contributed by atoms with van der Waals surface area (Å²) < 4.78 is 2.27. The molecule has 0 amide bonds. The van der Waals surface area contributed by atoms with Gasteiger partial charge in [-0.3, -0.25) is 4.98 Å². The number of rotatable bonds is 2. The van der Waals surface area contributed by atoms with Crippen LogP contribution in [0.5, 0.6) is 0 Å². The number of hydrogen-bond acceptors (Lipinski definition) is 2. The molecule has 100 valence electrons. The molecule has 0 bridgehead atoms. The van der Waals surface area contributed by atoms with E-state index in [2.05, 4.69) is 39.9 Å². The van der Waals surface area contributed by atoms with Crippen molar-refractivity contribution >= 4 is 10.9 Å². The first-order valence-corrected chi connectivity index (χ1v) is 7.28. The molecule has 2 aromatic heterocycles. The van der Waals surface area contributed by atoms with Gasteiger partial charge in [-0.2, -0.15) is 0 Å². The molecule has 3 aromatic rings. The van der Waals surface area contributed by atoms with Crippen molar-refractivity contribution in [2.45, 2.75) is 32.2 Å². The van der Waals surface area contributed by atoms with Crippen molar-refractivity contribution in [1.82, 2.24) is 14.5 Å². The molecule has 2 heterocycles. The highest BCUT2D eigenvalue weighted by Crippen LogP contribution is 2.21. The van der Waals surface area contributed by atoms with Crippen LogP contribution in [0, 0.1) is 0 Å². The topological polar surface area (TPSA) is 30.7 Å². The van der Waals surface area contributed by atoms with Crippen LogP contribution in [-0.2, 0) is 19.4 Å². The first kappa shape index (κ1) is 11.6. The molecule has 3 heteroatoms. The lowest BCUT2D eigenvalue weighted by atomic mass is 10.0. The summed E-state index contributed by atoms with van der Waals surface area (Å²) >= 11 is 0. The molecule has 0 atom stereocenters. The predicted octanol–water partition coefficient (Wildman–Crippen LogP) is 3.36. The van der Waals surface area contributed by atoms with Gasteiger partial charge in [-0.25, -0.2) is 4.98 Å². The highest BCUT2D eigenvalue weighted by Gasteiger charge is 2.15. The van der Waals surface area contributed by atoms with Crippen LogP contribution in [0.4, 0.5) is 0 Å². The third-order valence-electron chi connectivity index (χ3n) is 4.10. The Labute approximate surface area is 118 Å². The van der Waals surface area contributed by atoms with Crippen LogP contribution in [-0.4, -0.2) is 14.5 Å². The molecule has 0 saturated carbocycles. The summed E-state index contributed by atoms with van der Waals surface area (Å²) in [6, 6.07) is 12.5. The van der Waals surface area contributed by atoms with Crippen molar-refractivity contribution in [2.24, 2.45) is 0 Å². The Balaban J connectivity index is 1.68. The Morgan fingerprint density at radius 2 is 1.90 bits per heavy atom. The fraction of sp³-hybridized carbons (Fsp3) is 0.294. The third kappa shape index (κ3) is 1.99. The second kappa shape index (κ2) is 4.75. The summed E-state index contributed by atoms with van der Waals surface area (Å²) in [6.07, 6.45) is 6.82. The van der Waals surface area contributed by atoms with Gasteiger partial charge in [0.25, 0.3) is 0 Å². The van der Waals surface area contributed by atoms with Gasteiger partial charge in [-0.1, -0.05) is 24.3 Å². The molecular weight excluding hydrogens is 246 g/mol. The summed E-state index contributed by atoms with van der Waals surface area (Å²) in [5.41, 5.74) is 4.87. The lowest BCUT2D eigenvalue weighted by Gasteiger charge is -2.13. The summed E-state index contributed by atoms with van der Waals surface area (Å²) in [7, 11) is 0. The molecule has 0 unspecified atom stereocenters. The van der Waals surface area contributed by atoms with E-state index in [1.54, 1.807) is 0 Å². The molecule has 4 rings (SSSR count). The van der Waals surface area contributed by atoms with Gasteiger partial charge in [0.1, 0.15) is 0 Å². The number of hydrogen-bond donors (Lipinski definition) is 0. The molecule has 1 aromatic carbocycles. The number of nitrogens with zero attached hydrogens (tertiary/aromatic N) is 3. The fourth-order valence-electron chi connectivity index (χ4n) is 3.04. The number of imidazole rings is 1. The largest absolute Gasteiger partial charge is 0.328 e.